The molecule has 3 aromatic rings. The van der Waals surface area contributed by atoms with Gasteiger partial charge in [0.1, 0.15) is 24.3 Å². The van der Waals surface area contributed by atoms with Crippen LogP contribution in [0.4, 0.5) is 5.82 Å². The summed E-state index contributed by atoms with van der Waals surface area (Å²) in [6.07, 6.45) is 0.748. The minimum absolute atomic E-state index is 0.00760. The molecule has 5 N–H and O–H groups in total. The molecular weight excluding hydrogens is 292 g/mol. The van der Waals surface area contributed by atoms with E-state index in [1.807, 2.05) is 12.1 Å². The molecule has 21 heavy (non-hydrogen) atoms. The number of aliphatic hydroxyl groups is 2. The number of thiophene rings is 1. The Morgan fingerprint density at radius 1 is 1.43 bits per heavy atom. The van der Waals surface area contributed by atoms with Crippen molar-refractivity contribution >= 4 is 27.4 Å². The van der Waals surface area contributed by atoms with Gasteiger partial charge in [-0.1, -0.05) is 0 Å². The zero-order valence-electron chi connectivity index (χ0n) is 11.0. The molecule has 0 saturated carbocycles. The summed E-state index contributed by atoms with van der Waals surface area (Å²) in [5.74, 6) is 0.880. The van der Waals surface area contributed by atoms with Crippen LogP contribution in [-0.4, -0.2) is 44.7 Å². The Morgan fingerprint density at radius 3 is 3.00 bits per heavy atom. The maximum absolute atomic E-state index is 9.38. The van der Waals surface area contributed by atoms with Crippen LogP contribution in [0.3, 0.4) is 0 Å². The molecule has 3 heterocycles. The van der Waals surface area contributed by atoms with Gasteiger partial charge in [-0.3, -0.25) is 5.10 Å². The van der Waals surface area contributed by atoms with Crippen molar-refractivity contribution in [3.63, 3.8) is 0 Å². The SMILES string of the molecule is Nc1cc(OC[C@H](O)CO)c2sc(-c3ccn[nH]3)cc2n1. The Kier molecular flexibility index (Phi) is 3.74. The lowest BCUT2D eigenvalue weighted by atomic mass is 10.3. The Bertz CT molecular complexity index is 741. The highest BCUT2D eigenvalue weighted by atomic mass is 32.1. The second kappa shape index (κ2) is 5.68. The fourth-order valence-corrected chi connectivity index (χ4v) is 2.93. The summed E-state index contributed by atoms with van der Waals surface area (Å²) in [4.78, 5) is 5.24. The van der Waals surface area contributed by atoms with E-state index >= 15 is 0 Å². The third-order valence-electron chi connectivity index (χ3n) is 2.87. The number of aromatic amines is 1. The van der Waals surface area contributed by atoms with Crippen LogP contribution >= 0.6 is 11.3 Å². The molecule has 0 unspecified atom stereocenters. The summed E-state index contributed by atoms with van der Waals surface area (Å²) in [5, 5.41) is 25.0. The van der Waals surface area contributed by atoms with Crippen LogP contribution < -0.4 is 10.5 Å². The molecule has 0 radical (unpaired) electrons. The highest BCUT2D eigenvalue weighted by Crippen LogP contribution is 2.38. The summed E-state index contributed by atoms with van der Waals surface area (Å²) in [5.41, 5.74) is 7.38. The van der Waals surface area contributed by atoms with Crippen LogP contribution in [0.2, 0.25) is 0 Å². The summed E-state index contributed by atoms with van der Waals surface area (Å²) in [7, 11) is 0. The number of fused-ring (bicyclic) bond motifs is 1. The van der Waals surface area contributed by atoms with Gasteiger partial charge in [0.2, 0.25) is 0 Å². The first-order chi connectivity index (χ1) is 10.2. The average Bonchev–Trinajstić information content (AvgIpc) is 3.12. The molecule has 0 fully saturated rings. The van der Waals surface area contributed by atoms with E-state index in [1.165, 1.54) is 11.3 Å². The Hall–Kier alpha value is -2.16. The largest absolute Gasteiger partial charge is 0.489 e. The lowest BCUT2D eigenvalue weighted by Crippen LogP contribution is -2.21. The number of rotatable bonds is 5. The predicted molar refractivity (Wildman–Crippen MR) is 80.2 cm³/mol. The van der Waals surface area contributed by atoms with Gasteiger partial charge in [-0.15, -0.1) is 11.3 Å². The number of ether oxygens (including phenoxy) is 1. The molecule has 7 nitrogen and oxygen atoms in total. The second-order valence-electron chi connectivity index (χ2n) is 4.49. The van der Waals surface area contributed by atoms with Gasteiger partial charge in [0, 0.05) is 12.3 Å². The van der Waals surface area contributed by atoms with Crippen LogP contribution in [0.1, 0.15) is 0 Å². The van der Waals surface area contributed by atoms with Crippen molar-refractivity contribution in [2.24, 2.45) is 0 Å². The minimum Gasteiger partial charge on any atom is -0.489 e. The molecule has 0 aliphatic carbocycles. The molecule has 0 aromatic carbocycles. The summed E-state index contributed by atoms with van der Waals surface area (Å²) < 4.78 is 6.37. The van der Waals surface area contributed by atoms with Gasteiger partial charge in [-0.05, 0) is 12.1 Å². The molecule has 0 aliphatic heterocycles. The topological polar surface area (TPSA) is 117 Å². The number of H-pyrrole nitrogens is 1. The third kappa shape index (κ3) is 2.82. The van der Waals surface area contributed by atoms with Crippen molar-refractivity contribution in [1.82, 2.24) is 15.2 Å². The monoisotopic (exact) mass is 306 g/mol. The van der Waals surface area contributed by atoms with Crippen molar-refractivity contribution in [1.29, 1.82) is 0 Å². The molecule has 0 saturated heterocycles. The van der Waals surface area contributed by atoms with Gasteiger partial charge in [-0.2, -0.15) is 5.10 Å². The molecule has 3 aromatic heterocycles. The summed E-state index contributed by atoms with van der Waals surface area (Å²) in [6.45, 7) is -0.361. The number of pyridine rings is 1. The zero-order valence-corrected chi connectivity index (χ0v) is 11.8. The summed E-state index contributed by atoms with van der Waals surface area (Å²) >= 11 is 1.49. The number of aliphatic hydroxyl groups excluding tert-OH is 2. The molecule has 0 amide bonds. The predicted octanol–water partition coefficient (Wildman–Crippen LogP) is 1.00. The van der Waals surface area contributed by atoms with Crippen molar-refractivity contribution < 1.29 is 14.9 Å². The Morgan fingerprint density at radius 2 is 2.29 bits per heavy atom. The fraction of sp³-hybridized carbons (Fsp3) is 0.231. The lowest BCUT2D eigenvalue weighted by Gasteiger charge is -2.10. The van der Waals surface area contributed by atoms with E-state index in [0.717, 1.165) is 20.8 Å². The number of nitrogens with zero attached hydrogens (tertiary/aromatic N) is 2. The van der Waals surface area contributed by atoms with Gasteiger partial charge in [0.15, 0.2) is 0 Å². The highest BCUT2D eigenvalue weighted by molar-refractivity contribution is 7.22. The Balaban J connectivity index is 1.99. The van der Waals surface area contributed by atoms with Crippen LogP contribution in [-0.2, 0) is 0 Å². The van der Waals surface area contributed by atoms with Crippen molar-refractivity contribution in [2.75, 3.05) is 18.9 Å². The molecule has 0 bridgehead atoms. The van der Waals surface area contributed by atoms with Crippen LogP contribution in [0.5, 0.6) is 5.75 Å². The molecule has 1 atom stereocenters. The van der Waals surface area contributed by atoms with Gasteiger partial charge in [0.05, 0.1) is 27.4 Å². The first-order valence-corrected chi connectivity index (χ1v) is 7.10. The third-order valence-corrected chi connectivity index (χ3v) is 4.05. The molecule has 8 heteroatoms. The van der Waals surface area contributed by atoms with E-state index < -0.39 is 6.10 Å². The van der Waals surface area contributed by atoms with Crippen LogP contribution in [0.25, 0.3) is 20.8 Å². The minimum atomic E-state index is -0.929. The van der Waals surface area contributed by atoms with Crippen molar-refractivity contribution in [3.8, 4) is 16.3 Å². The first kappa shape index (κ1) is 13.8. The highest BCUT2D eigenvalue weighted by Gasteiger charge is 2.13. The fourth-order valence-electron chi connectivity index (χ4n) is 1.88. The number of hydrogen-bond acceptors (Lipinski definition) is 7. The van der Waals surface area contributed by atoms with E-state index in [9.17, 15) is 5.11 Å². The maximum Gasteiger partial charge on any atom is 0.142 e. The van der Waals surface area contributed by atoms with E-state index in [2.05, 4.69) is 15.2 Å². The van der Waals surface area contributed by atoms with Crippen molar-refractivity contribution in [3.05, 3.63) is 24.4 Å². The number of aromatic nitrogens is 3. The zero-order chi connectivity index (χ0) is 14.8. The number of anilines is 1. The normalized spacial score (nSPS) is 12.7. The van der Waals surface area contributed by atoms with E-state index in [0.29, 0.717) is 11.6 Å². The average molecular weight is 306 g/mol. The molecule has 0 spiro atoms. The molecule has 0 aliphatic rings. The van der Waals surface area contributed by atoms with Gasteiger partial charge in [-0.25, -0.2) is 4.98 Å². The maximum atomic E-state index is 9.38. The van der Waals surface area contributed by atoms with Gasteiger partial charge in [0.25, 0.3) is 0 Å². The second-order valence-corrected chi connectivity index (χ2v) is 5.54. The standard InChI is InChI=1S/C13H14N4O3S/c14-12-4-10(20-6-7(19)5-18)13-9(16-12)3-11(21-13)8-1-2-15-17-8/h1-4,7,18-19H,5-6H2,(H2,14,16)(H,15,17)/t7-/m1/s1. The number of hydrogen-bond donors (Lipinski definition) is 4. The molecule has 3 rings (SSSR count). The van der Waals surface area contributed by atoms with Crippen LogP contribution in [0.15, 0.2) is 24.4 Å². The Labute approximate surface area is 124 Å². The number of nitrogen functional groups attached to an aromatic ring is 1. The summed E-state index contributed by atoms with van der Waals surface area (Å²) in [6, 6.07) is 5.38. The lowest BCUT2D eigenvalue weighted by molar-refractivity contribution is 0.0541. The quantitative estimate of drug-likeness (QED) is 0.558. The smallest absolute Gasteiger partial charge is 0.142 e. The van der Waals surface area contributed by atoms with Gasteiger partial charge < -0.3 is 20.7 Å². The van der Waals surface area contributed by atoms with E-state index in [-0.39, 0.29) is 13.2 Å². The molecular formula is C13H14N4O3S. The number of nitrogens with two attached hydrogens (primary N) is 1. The van der Waals surface area contributed by atoms with Crippen LogP contribution in [0, 0.1) is 0 Å². The van der Waals surface area contributed by atoms with E-state index in [1.54, 1.807) is 12.3 Å². The van der Waals surface area contributed by atoms with E-state index in [4.69, 9.17) is 15.6 Å². The van der Waals surface area contributed by atoms with Gasteiger partial charge >= 0.3 is 0 Å². The van der Waals surface area contributed by atoms with Crippen molar-refractivity contribution in [2.45, 2.75) is 6.10 Å². The first-order valence-electron chi connectivity index (χ1n) is 6.29. The number of nitrogens with one attached hydrogen (secondary N) is 1. The molecule has 110 valence electrons.